The Morgan fingerprint density at radius 2 is 2.39 bits per heavy atom. The Bertz CT molecular complexity index is 427. The number of benzene rings is 1. The van der Waals surface area contributed by atoms with E-state index in [1.165, 1.54) is 7.11 Å². The first-order valence-electron chi connectivity index (χ1n) is 5.77. The fraction of sp³-hybridized carbons (Fsp3) is 0.462. The predicted molar refractivity (Wildman–Crippen MR) is 69.5 cm³/mol. The van der Waals surface area contributed by atoms with Gasteiger partial charge in [-0.15, -0.1) is 0 Å². The number of hydrogen-bond acceptors (Lipinski definition) is 4. The van der Waals surface area contributed by atoms with E-state index in [-0.39, 0.29) is 12.1 Å². The van der Waals surface area contributed by atoms with Crippen LogP contribution < -0.4 is 0 Å². The number of carbonyl (C=O) groups excluding carboxylic acids is 1. The number of carbonyl (C=O) groups is 1. The van der Waals surface area contributed by atoms with Gasteiger partial charge in [0.05, 0.1) is 32.0 Å². The van der Waals surface area contributed by atoms with Gasteiger partial charge in [-0.1, -0.05) is 22.0 Å². The predicted octanol–water partition coefficient (Wildman–Crippen LogP) is 2.54. The van der Waals surface area contributed by atoms with Gasteiger partial charge in [0.25, 0.3) is 0 Å². The van der Waals surface area contributed by atoms with Crippen molar-refractivity contribution in [3.63, 3.8) is 0 Å². The van der Waals surface area contributed by atoms with Crippen molar-refractivity contribution < 1.29 is 19.0 Å². The van der Waals surface area contributed by atoms with Gasteiger partial charge in [-0.3, -0.25) is 0 Å². The Hall–Kier alpha value is -0.910. The molecule has 0 bridgehead atoms. The third-order valence-electron chi connectivity index (χ3n) is 2.84. The van der Waals surface area contributed by atoms with Crippen LogP contribution in [0.25, 0.3) is 0 Å². The molecule has 98 valence electrons. The molecule has 0 saturated carbocycles. The van der Waals surface area contributed by atoms with E-state index >= 15 is 0 Å². The number of rotatable bonds is 4. The van der Waals surface area contributed by atoms with Crippen molar-refractivity contribution in [2.24, 2.45) is 0 Å². The highest BCUT2D eigenvalue weighted by atomic mass is 79.9. The molecule has 1 saturated heterocycles. The highest BCUT2D eigenvalue weighted by Crippen LogP contribution is 2.21. The van der Waals surface area contributed by atoms with Crippen LogP contribution in [0.3, 0.4) is 0 Å². The lowest BCUT2D eigenvalue weighted by molar-refractivity contribution is 0.0314. The topological polar surface area (TPSA) is 44.8 Å². The number of halogens is 1. The highest BCUT2D eigenvalue weighted by Gasteiger charge is 2.16. The summed E-state index contributed by atoms with van der Waals surface area (Å²) in [6.07, 6.45) is 1.12. The van der Waals surface area contributed by atoms with E-state index in [0.717, 1.165) is 23.1 Å². The standard InChI is InChI=1S/C13H15BrO4/c1-16-13(15)9-2-3-10(12(14)6-9)7-18-11-4-5-17-8-11/h2-3,6,11H,4-5,7-8H2,1H3. The number of hydrogen-bond donors (Lipinski definition) is 0. The highest BCUT2D eigenvalue weighted by molar-refractivity contribution is 9.10. The van der Waals surface area contributed by atoms with E-state index in [4.69, 9.17) is 9.47 Å². The SMILES string of the molecule is COC(=O)c1ccc(COC2CCOC2)c(Br)c1. The van der Waals surface area contributed by atoms with Gasteiger partial charge in [-0.2, -0.15) is 0 Å². The van der Waals surface area contributed by atoms with Crippen LogP contribution >= 0.6 is 15.9 Å². The van der Waals surface area contributed by atoms with Gasteiger partial charge in [0.1, 0.15) is 0 Å². The summed E-state index contributed by atoms with van der Waals surface area (Å²) in [7, 11) is 1.37. The van der Waals surface area contributed by atoms with Crippen molar-refractivity contribution in [3.8, 4) is 0 Å². The van der Waals surface area contributed by atoms with Crippen molar-refractivity contribution in [2.45, 2.75) is 19.1 Å². The summed E-state index contributed by atoms with van der Waals surface area (Å²) in [5.41, 5.74) is 1.53. The quantitative estimate of drug-likeness (QED) is 0.801. The lowest BCUT2D eigenvalue weighted by Crippen LogP contribution is -2.12. The van der Waals surface area contributed by atoms with Crippen LogP contribution in [0.15, 0.2) is 22.7 Å². The van der Waals surface area contributed by atoms with Crippen molar-refractivity contribution in [2.75, 3.05) is 20.3 Å². The van der Waals surface area contributed by atoms with Crippen LogP contribution in [-0.2, 0) is 20.8 Å². The fourth-order valence-electron chi connectivity index (χ4n) is 1.76. The summed E-state index contributed by atoms with van der Waals surface area (Å²) in [6, 6.07) is 5.35. The Kier molecular flexibility index (Phi) is 4.74. The van der Waals surface area contributed by atoms with Gasteiger partial charge >= 0.3 is 5.97 Å². The molecule has 18 heavy (non-hydrogen) atoms. The molecular weight excluding hydrogens is 300 g/mol. The first-order chi connectivity index (χ1) is 8.70. The zero-order valence-corrected chi connectivity index (χ0v) is 11.7. The average molecular weight is 315 g/mol. The fourth-order valence-corrected chi connectivity index (χ4v) is 2.25. The van der Waals surface area contributed by atoms with Gasteiger partial charge in [0.2, 0.25) is 0 Å². The van der Waals surface area contributed by atoms with Crippen molar-refractivity contribution in [1.82, 2.24) is 0 Å². The first-order valence-corrected chi connectivity index (χ1v) is 6.56. The van der Waals surface area contributed by atoms with Gasteiger partial charge in [0.15, 0.2) is 0 Å². The van der Waals surface area contributed by atoms with E-state index in [0.29, 0.717) is 18.8 Å². The van der Waals surface area contributed by atoms with Crippen molar-refractivity contribution in [1.29, 1.82) is 0 Å². The molecule has 2 rings (SSSR count). The molecule has 0 N–H and O–H groups in total. The Morgan fingerprint density at radius 1 is 1.56 bits per heavy atom. The minimum absolute atomic E-state index is 0.178. The molecule has 1 unspecified atom stereocenters. The van der Waals surface area contributed by atoms with Gasteiger partial charge < -0.3 is 14.2 Å². The average Bonchev–Trinajstić information content (AvgIpc) is 2.89. The lowest BCUT2D eigenvalue weighted by Gasteiger charge is -2.11. The largest absolute Gasteiger partial charge is 0.465 e. The molecule has 1 aliphatic rings. The van der Waals surface area contributed by atoms with E-state index in [2.05, 4.69) is 20.7 Å². The van der Waals surface area contributed by atoms with Gasteiger partial charge in [-0.25, -0.2) is 4.79 Å². The third kappa shape index (κ3) is 3.31. The van der Waals surface area contributed by atoms with Crippen LogP contribution in [0.4, 0.5) is 0 Å². The summed E-state index contributed by atoms with van der Waals surface area (Å²) in [4.78, 5) is 11.4. The normalized spacial score (nSPS) is 18.9. The molecular formula is C13H15BrO4. The molecule has 0 aliphatic carbocycles. The smallest absolute Gasteiger partial charge is 0.337 e. The van der Waals surface area contributed by atoms with Crippen molar-refractivity contribution in [3.05, 3.63) is 33.8 Å². The molecule has 0 aromatic heterocycles. The van der Waals surface area contributed by atoms with Crippen LogP contribution in [0, 0.1) is 0 Å². The Balaban J connectivity index is 1.98. The monoisotopic (exact) mass is 314 g/mol. The van der Waals surface area contributed by atoms with Crippen LogP contribution in [-0.4, -0.2) is 32.4 Å². The summed E-state index contributed by atoms with van der Waals surface area (Å²) in [6.45, 7) is 1.95. The van der Waals surface area contributed by atoms with E-state index in [1.54, 1.807) is 12.1 Å². The molecule has 5 heteroatoms. The zero-order chi connectivity index (χ0) is 13.0. The zero-order valence-electron chi connectivity index (χ0n) is 10.1. The number of ether oxygens (including phenoxy) is 3. The maximum absolute atomic E-state index is 11.4. The summed E-state index contributed by atoms with van der Waals surface area (Å²) in [5.74, 6) is -0.340. The molecule has 1 heterocycles. The van der Waals surface area contributed by atoms with Crippen LogP contribution in [0.2, 0.25) is 0 Å². The summed E-state index contributed by atoms with van der Waals surface area (Å²) < 4.78 is 16.5. The Morgan fingerprint density at radius 3 is 3.00 bits per heavy atom. The van der Waals surface area contributed by atoms with E-state index < -0.39 is 0 Å². The number of esters is 1. The molecule has 4 nitrogen and oxygen atoms in total. The third-order valence-corrected chi connectivity index (χ3v) is 3.57. The second kappa shape index (κ2) is 6.31. The molecule has 0 spiro atoms. The molecule has 1 atom stereocenters. The van der Waals surface area contributed by atoms with E-state index in [1.807, 2.05) is 6.07 Å². The number of methoxy groups -OCH3 is 1. The molecule has 1 fully saturated rings. The molecule has 1 aromatic rings. The Labute approximate surface area is 114 Å². The molecule has 0 amide bonds. The first kappa shape index (κ1) is 13.5. The van der Waals surface area contributed by atoms with Gasteiger partial charge in [0, 0.05) is 11.1 Å². The molecule has 1 aliphatic heterocycles. The van der Waals surface area contributed by atoms with E-state index in [9.17, 15) is 4.79 Å². The van der Waals surface area contributed by atoms with Crippen LogP contribution in [0.1, 0.15) is 22.3 Å². The lowest BCUT2D eigenvalue weighted by atomic mass is 10.1. The second-order valence-electron chi connectivity index (χ2n) is 4.09. The minimum Gasteiger partial charge on any atom is -0.465 e. The molecule has 1 aromatic carbocycles. The minimum atomic E-state index is -0.340. The second-order valence-corrected chi connectivity index (χ2v) is 4.95. The molecule has 0 radical (unpaired) electrons. The van der Waals surface area contributed by atoms with Crippen LogP contribution in [0.5, 0.6) is 0 Å². The maximum Gasteiger partial charge on any atom is 0.337 e. The summed E-state index contributed by atoms with van der Waals surface area (Å²) >= 11 is 3.44. The maximum atomic E-state index is 11.4. The summed E-state index contributed by atoms with van der Waals surface area (Å²) in [5, 5.41) is 0. The van der Waals surface area contributed by atoms with Crippen molar-refractivity contribution >= 4 is 21.9 Å². The van der Waals surface area contributed by atoms with Gasteiger partial charge in [-0.05, 0) is 24.1 Å².